The maximum absolute atomic E-state index is 12.1. The average molecular weight is 309 g/mol. The molecule has 0 fully saturated rings. The minimum Gasteiger partial charge on any atom is -0.323 e. The van der Waals surface area contributed by atoms with E-state index in [0.29, 0.717) is 8.61 Å². The number of carbonyl (C=O) groups is 2. The molecule has 0 atom stereocenters. The van der Waals surface area contributed by atoms with Crippen LogP contribution in [0.15, 0.2) is 0 Å². The lowest BCUT2D eigenvalue weighted by molar-refractivity contribution is -0.0656. The van der Waals surface area contributed by atoms with Gasteiger partial charge in [-0.05, 0) is 0 Å². The van der Waals surface area contributed by atoms with Gasteiger partial charge in [-0.2, -0.15) is 13.2 Å². The molecular formula is C6H7F4N3O3S2. The maximum Gasteiger partial charge on any atom is 0.445 e. The van der Waals surface area contributed by atoms with Crippen LogP contribution in [0.25, 0.3) is 0 Å². The molecule has 12 heteroatoms. The maximum atomic E-state index is 12.1. The third-order valence-corrected chi connectivity index (χ3v) is 2.34. The number of hydroxylamine groups is 1. The average Bonchev–Trinajstić information content (AvgIpc) is 2.23. The summed E-state index contributed by atoms with van der Waals surface area (Å²) in [7, 11) is 2.05. The summed E-state index contributed by atoms with van der Waals surface area (Å²) in [4.78, 5) is 23.6. The summed E-state index contributed by atoms with van der Waals surface area (Å²) in [6, 6.07) is 0. The van der Waals surface area contributed by atoms with E-state index in [1.54, 1.807) is 0 Å². The van der Waals surface area contributed by atoms with E-state index in [-0.39, 0.29) is 12.1 Å². The molecule has 0 aliphatic carbocycles. The topological polar surface area (TPSA) is 61.9 Å². The summed E-state index contributed by atoms with van der Waals surface area (Å²) >= 11 is 4.14. The Balaban J connectivity index is 4.18. The van der Waals surface area contributed by atoms with Crippen molar-refractivity contribution in [2.45, 2.75) is 6.18 Å². The number of rotatable bonds is 2. The van der Waals surface area contributed by atoms with Gasteiger partial charge in [-0.25, -0.2) is 23.7 Å². The van der Waals surface area contributed by atoms with Crippen molar-refractivity contribution in [3.63, 3.8) is 0 Å². The van der Waals surface area contributed by atoms with E-state index in [1.807, 2.05) is 0 Å². The number of nitrogens with one attached hydrogen (secondary N) is 1. The van der Waals surface area contributed by atoms with Gasteiger partial charge in [0.2, 0.25) is 4.99 Å². The molecule has 0 aliphatic rings. The Morgan fingerprint density at radius 2 is 1.78 bits per heavy atom. The molecular weight excluding hydrogens is 302 g/mol. The van der Waals surface area contributed by atoms with Gasteiger partial charge in [0.1, 0.15) is 0 Å². The van der Waals surface area contributed by atoms with Crippen LogP contribution in [0.4, 0.5) is 27.2 Å². The Morgan fingerprint density at radius 3 is 2.17 bits per heavy atom. The molecule has 0 heterocycles. The highest BCUT2D eigenvalue weighted by Crippen LogP contribution is 2.17. The first kappa shape index (κ1) is 16.7. The highest BCUT2D eigenvalue weighted by Gasteiger charge is 2.35. The quantitative estimate of drug-likeness (QED) is 0.210. The van der Waals surface area contributed by atoms with Gasteiger partial charge < -0.3 is 4.84 Å². The molecule has 0 saturated carbocycles. The van der Waals surface area contributed by atoms with E-state index < -0.39 is 23.4 Å². The van der Waals surface area contributed by atoms with E-state index in [0.717, 1.165) is 14.1 Å². The van der Waals surface area contributed by atoms with Crippen molar-refractivity contribution in [3.05, 3.63) is 0 Å². The molecule has 0 aromatic rings. The lowest BCUT2D eigenvalue weighted by Gasteiger charge is -2.19. The molecule has 0 rings (SSSR count). The van der Waals surface area contributed by atoms with Crippen LogP contribution in [-0.4, -0.2) is 46.1 Å². The number of alkyl halides is 3. The van der Waals surface area contributed by atoms with Gasteiger partial charge in [-0.3, -0.25) is 0 Å². The van der Waals surface area contributed by atoms with E-state index in [4.69, 9.17) is 0 Å². The van der Waals surface area contributed by atoms with Crippen molar-refractivity contribution >= 4 is 41.6 Å². The van der Waals surface area contributed by atoms with Gasteiger partial charge >= 0.3 is 18.4 Å². The molecule has 1 N–H and O–H groups in total. The highest BCUT2D eigenvalue weighted by atomic mass is 32.2. The van der Waals surface area contributed by atoms with E-state index >= 15 is 0 Å². The Labute approximate surface area is 108 Å². The van der Waals surface area contributed by atoms with Gasteiger partial charge in [0.15, 0.2) is 0 Å². The van der Waals surface area contributed by atoms with Crippen molar-refractivity contribution in [3.8, 4) is 0 Å². The van der Waals surface area contributed by atoms with Crippen LogP contribution in [-0.2, 0) is 4.84 Å². The molecule has 6 nitrogen and oxygen atoms in total. The Hall–Kier alpha value is -1.30. The monoisotopic (exact) mass is 309 g/mol. The standard InChI is InChI=1S/C6H7F4N3O3S2/c1-12(4(7)14)18-13(2)5(15)16-11-3(17)6(8,9)10/h1-2H3,(H,11,17). The smallest absolute Gasteiger partial charge is 0.323 e. The van der Waals surface area contributed by atoms with Crippen LogP contribution in [0.1, 0.15) is 0 Å². The summed E-state index contributed by atoms with van der Waals surface area (Å²) in [6.45, 7) is 0. The molecule has 18 heavy (non-hydrogen) atoms. The van der Waals surface area contributed by atoms with Crippen LogP contribution in [0.3, 0.4) is 0 Å². The predicted octanol–water partition coefficient (Wildman–Crippen LogP) is 2.03. The lowest BCUT2D eigenvalue weighted by Crippen LogP contribution is -2.39. The predicted molar refractivity (Wildman–Crippen MR) is 57.9 cm³/mol. The Bertz CT molecular complexity index is 351. The van der Waals surface area contributed by atoms with Crippen LogP contribution in [0.2, 0.25) is 0 Å². The number of hydrogen-bond acceptors (Lipinski definition) is 5. The van der Waals surface area contributed by atoms with Crippen molar-refractivity contribution in [2.75, 3.05) is 14.1 Å². The van der Waals surface area contributed by atoms with Gasteiger partial charge in [0.25, 0.3) is 0 Å². The minimum atomic E-state index is -4.84. The molecule has 2 amide bonds. The summed E-state index contributed by atoms with van der Waals surface area (Å²) < 4.78 is 48.8. The highest BCUT2D eigenvalue weighted by molar-refractivity contribution is 7.95. The number of halogens is 4. The largest absolute Gasteiger partial charge is 0.445 e. The number of thiocarbonyl (C=S) groups is 1. The third kappa shape index (κ3) is 5.86. The third-order valence-electron chi connectivity index (χ3n) is 1.24. The molecule has 104 valence electrons. The Kier molecular flexibility index (Phi) is 6.11. The number of hydrogen-bond donors (Lipinski definition) is 1. The fourth-order valence-electron chi connectivity index (χ4n) is 0.461. The zero-order chi connectivity index (χ0) is 14.5. The van der Waals surface area contributed by atoms with Gasteiger partial charge in [-0.1, -0.05) is 12.2 Å². The molecule has 0 saturated heterocycles. The van der Waals surface area contributed by atoms with E-state index in [9.17, 15) is 27.2 Å². The van der Waals surface area contributed by atoms with Crippen LogP contribution in [0, 0.1) is 0 Å². The van der Waals surface area contributed by atoms with Crippen LogP contribution < -0.4 is 5.48 Å². The lowest BCUT2D eigenvalue weighted by atomic mass is 10.7. The van der Waals surface area contributed by atoms with Gasteiger partial charge in [0, 0.05) is 14.1 Å². The Morgan fingerprint density at radius 1 is 1.28 bits per heavy atom. The first-order valence-corrected chi connectivity index (χ1v) is 5.12. The molecule has 0 radical (unpaired) electrons. The SMILES string of the molecule is CN(SN(C)C(=O)ONC(=S)C(F)(F)F)C(=O)F. The van der Waals surface area contributed by atoms with E-state index in [1.165, 1.54) is 5.48 Å². The molecule has 0 aromatic carbocycles. The second kappa shape index (κ2) is 6.58. The van der Waals surface area contributed by atoms with Crippen molar-refractivity contribution < 1.29 is 32.0 Å². The first-order chi connectivity index (χ1) is 8.05. The zero-order valence-electron chi connectivity index (χ0n) is 8.95. The second-order valence-corrected chi connectivity index (χ2v) is 4.29. The zero-order valence-corrected chi connectivity index (χ0v) is 10.6. The molecule has 0 spiro atoms. The molecule has 0 unspecified atom stereocenters. The summed E-state index contributed by atoms with van der Waals surface area (Å²) in [5.41, 5.74) is 1.21. The molecule has 0 bridgehead atoms. The van der Waals surface area contributed by atoms with Crippen LogP contribution >= 0.6 is 24.4 Å². The molecule has 0 aromatic heterocycles. The minimum absolute atomic E-state index is 0.278. The van der Waals surface area contributed by atoms with Gasteiger partial charge in [-0.15, -0.1) is 4.39 Å². The number of nitrogens with zero attached hydrogens (tertiary/aromatic N) is 2. The summed E-state index contributed by atoms with van der Waals surface area (Å²) in [6.07, 6.45) is -7.99. The second-order valence-electron chi connectivity index (χ2n) is 2.63. The normalized spacial score (nSPS) is 10.6. The van der Waals surface area contributed by atoms with Crippen LogP contribution in [0.5, 0.6) is 0 Å². The first-order valence-electron chi connectivity index (χ1n) is 3.98. The van der Waals surface area contributed by atoms with Crippen molar-refractivity contribution in [1.29, 1.82) is 0 Å². The van der Waals surface area contributed by atoms with E-state index in [2.05, 4.69) is 17.1 Å². The fraction of sp³-hybridized carbons (Fsp3) is 0.500. The molecule has 0 aliphatic heterocycles. The van der Waals surface area contributed by atoms with Crippen molar-refractivity contribution in [1.82, 2.24) is 14.1 Å². The summed E-state index contributed by atoms with van der Waals surface area (Å²) in [5.74, 6) is 0. The summed E-state index contributed by atoms with van der Waals surface area (Å²) in [5, 5.41) is 0. The number of amides is 2. The number of carbonyl (C=O) groups excluding carboxylic acids is 2. The fourth-order valence-corrected chi connectivity index (χ4v) is 1.04. The van der Waals surface area contributed by atoms with Gasteiger partial charge in [0.05, 0.1) is 12.1 Å². The van der Waals surface area contributed by atoms with Crippen molar-refractivity contribution in [2.24, 2.45) is 0 Å².